The summed E-state index contributed by atoms with van der Waals surface area (Å²) >= 11 is 1.27. The zero-order valence-corrected chi connectivity index (χ0v) is 22.1. The van der Waals surface area contributed by atoms with Crippen molar-refractivity contribution in [3.63, 3.8) is 0 Å². The molecule has 0 saturated heterocycles. The van der Waals surface area contributed by atoms with Crippen molar-refractivity contribution in [1.82, 2.24) is 14.8 Å². The van der Waals surface area contributed by atoms with Crippen molar-refractivity contribution in [2.45, 2.75) is 25.0 Å². The fraction of sp³-hybridized carbons (Fsp3) is 0.172. The lowest BCUT2D eigenvalue weighted by Gasteiger charge is -2.28. The van der Waals surface area contributed by atoms with E-state index in [0.717, 1.165) is 11.1 Å². The molecule has 2 heterocycles. The van der Waals surface area contributed by atoms with Gasteiger partial charge in [-0.1, -0.05) is 71.9 Å². The average Bonchev–Trinajstić information content (AvgIpc) is 3.34. The Morgan fingerprint density at radius 3 is 2.39 bits per heavy atom. The van der Waals surface area contributed by atoms with Crippen LogP contribution in [0.1, 0.15) is 34.5 Å². The number of aryl methyl sites for hydroxylation is 1. The number of aromatic nitrogens is 3. The first kappa shape index (κ1) is 25.3. The minimum Gasteiger partial charge on any atom is -0.497 e. The second-order valence-corrected chi connectivity index (χ2v) is 9.84. The number of carbonyl (C=O) groups is 2. The quantitative estimate of drug-likeness (QED) is 0.232. The molecule has 0 spiro atoms. The molecule has 1 aliphatic heterocycles. The smallest absolute Gasteiger partial charge is 0.255 e. The summed E-state index contributed by atoms with van der Waals surface area (Å²) in [6, 6.07) is 23.8. The lowest BCUT2D eigenvalue weighted by molar-refractivity contribution is -0.113. The van der Waals surface area contributed by atoms with Crippen molar-refractivity contribution in [2.24, 2.45) is 0 Å². The van der Waals surface area contributed by atoms with Gasteiger partial charge < -0.3 is 15.4 Å². The van der Waals surface area contributed by atoms with Crippen molar-refractivity contribution in [3.8, 4) is 5.75 Å². The number of fused-ring (bicyclic) bond motifs is 1. The standard InChI is InChI=1S/C29H27N5O3S/c1-18-9-11-20(12-10-18)24(35)17-38-29-32-28-30-19(2)25(27(36)31-22-7-5-4-6-8-22)26(34(28)33-29)21-13-15-23(37-3)16-14-21/h4-16,26H,17H2,1-3H3,(H,31,36)(H,30,32,33)/t26-/m1/s1. The maximum Gasteiger partial charge on any atom is 0.255 e. The normalized spacial score (nSPS) is 14.4. The first-order valence-electron chi connectivity index (χ1n) is 12.1. The van der Waals surface area contributed by atoms with E-state index in [-0.39, 0.29) is 17.4 Å². The summed E-state index contributed by atoms with van der Waals surface area (Å²) in [6.07, 6.45) is 0. The Bertz CT molecular complexity index is 1500. The number of para-hydroxylation sites is 1. The molecule has 0 fully saturated rings. The van der Waals surface area contributed by atoms with E-state index in [1.165, 1.54) is 11.8 Å². The number of nitrogens with zero attached hydrogens (tertiary/aromatic N) is 3. The number of hydrogen-bond acceptors (Lipinski definition) is 7. The molecule has 1 aliphatic rings. The molecular formula is C29H27N5O3S. The van der Waals surface area contributed by atoms with Gasteiger partial charge in [0.25, 0.3) is 5.91 Å². The molecule has 3 aromatic carbocycles. The third-order valence-corrected chi connectivity index (χ3v) is 7.08. The van der Waals surface area contributed by atoms with E-state index in [0.29, 0.717) is 39.4 Å². The van der Waals surface area contributed by atoms with Crippen LogP contribution < -0.4 is 15.4 Å². The minimum absolute atomic E-state index is 0.000306. The van der Waals surface area contributed by atoms with Crippen LogP contribution in [0.3, 0.4) is 0 Å². The van der Waals surface area contributed by atoms with Crippen molar-refractivity contribution in [1.29, 1.82) is 0 Å². The van der Waals surface area contributed by atoms with Gasteiger partial charge in [-0.2, -0.15) is 4.98 Å². The first-order chi connectivity index (χ1) is 18.4. The van der Waals surface area contributed by atoms with Crippen LogP contribution in [0, 0.1) is 6.92 Å². The maximum absolute atomic E-state index is 13.6. The van der Waals surface area contributed by atoms with E-state index in [4.69, 9.17) is 9.84 Å². The van der Waals surface area contributed by atoms with Crippen LogP contribution >= 0.6 is 11.8 Å². The molecule has 9 heteroatoms. The molecule has 0 bridgehead atoms. The number of thioether (sulfide) groups is 1. The number of benzene rings is 3. The van der Waals surface area contributed by atoms with Crippen LogP contribution in [0.15, 0.2) is 95.3 Å². The van der Waals surface area contributed by atoms with Crippen LogP contribution in [0.25, 0.3) is 0 Å². The molecular weight excluding hydrogens is 498 g/mol. The fourth-order valence-electron chi connectivity index (χ4n) is 4.25. The van der Waals surface area contributed by atoms with Gasteiger partial charge in [-0.05, 0) is 43.7 Å². The summed E-state index contributed by atoms with van der Waals surface area (Å²) in [7, 11) is 1.61. The van der Waals surface area contributed by atoms with Crippen molar-refractivity contribution in [3.05, 3.63) is 107 Å². The van der Waals surface area contributed by atoms with Gasteiger partial charge in [0.1, 0.15) is 11.8 Å². The molecule has 2 N–H and O–H groups in total. The Balaban J connectivity index is 1.45. The molecule has 8 nitrogen and oxygen atoms in total. The second kappa shape index (κ2) is 10.9. The van der Waals surface area contributed by atoms with Gasteiger partial charge in [0.15, 0.2) is 5.78 Å². The van der Waals surface area contributed by atoms with Crippen LogP contribution in [0.4, 0.5) is 11.6 Å². The van der Waals surface area contributed by atoms with Crippen molar-refractivity contribution < 1.29 is 14.3 Å². The summed E-state index contributed by atoms with van der Waals surface area (Å²) in [5, 5.41) is 11.4. The minimum atomic E-state index is -0.532. The largest absolute Gasteiger partial charge is 0.497 e. The summed E-state index contributed by atoms with van der Waals surface area (Å²) in [5.74, 6) is 1.17. The van der Waals surface area contributed by atoms with Crippen molar-refractivity contribution >= 4 is 35.1 Å². The number of ketones is 1. The molecule has 192 valence electrons. The predicted octanol–water partition coefficient (Wildman–Crippen LogP) is 5.50. The number of rotatable bonds is 8. The monoisotopic (exact) mass is 525 g/mol. The number of anilines is 2. The predicted molar refractivity (Wildman–Crippen MR) is 149 cm³/mol. The zero-order valence-electron chi connectivity index (χ0n) is 21.3. The van der Waals surface area contributed by atoms with Gasteiger partial charge in [0, 0.05) is 16.9 Å². The fourth-order valence-corrected chi connectivity index (χ4v) is 4.98. The lowest BCUT2D eigenvalue weighted by Crippen LogP contribution is -2.31. The number of hydrogen-bond donors (Lipinski definition) is 2. The van der Waals surface area contributed by atoms with Gasteiger partial charge >= 0.3 is 0 Å². The molecule has 0 aliphatic carbocycles. The Morgan fingerprint density at radius 1 is 1.00 bits per heavy atom. The van der Waals surface area contributed by atoms with Gasteiger partial charge in [0.2, 0.25) is 11.1 Å². The van der Waals surface area contributed by atoms with Crippen molar-refractivity contribution in [2.75, 3.05) is 23.5 Å². The van der Waals surface area contributed by atoms with E-state index in [2.05, 4.69) is 15.6 Å². The van der Waals surface area contributed by atoms with Gasteiger partial charge in [0.05, 0.1) is 18.4 Å². The summed E-state index contributed by atoms with van der Waals surface area (Å²) in [4.78, 5) is 30.9. The van der Waals surface area contributed by atoms with E-state index in [1.54, 1.807) is 11.8 Å². The Hall–Kier alpha value is -4.37. The third-order valence-electron chi connectivity index (χ3n) is 6.25. The second-order valence-electron chi connectivity index (χ2n) is 8.90. The van der Waals surface area contributed by atoms with Crippen LogP contribution in [-0.4, -0.2) is 39.3 Å². The SMILES string of the molecule is COc1ccc([C@@H]2C(C(=O)Nc3ccccc3)=C(C)Nc3nc(SCC(=O)c4ccc(C)cc4)nn32)cc1. The molecule has 38 heavy (non-hydrogen) atoms. The van der Waals surface area contributed by atoms with Gasteiger partial charge in [-0.15, -0.1) is 5.10 Å². The van der Waals surface area contributed by atoms with E-state index >= 15 is 0 Å². The zero-order chi connectivity index (χ0) is 26.6. The summed E-state index contributed by atoms with van der Waals surface area (Å²) in [5.41, 5.74) is 4.49. The number of carbonyl (C=O) groups excluding carboxylic acids is 2. The lowest BCUT2D eigenvalue weighted by atomic mass is 9.95. The van der Waals surface area contributed by atoms with E-state index in [9.17, 15) is 9.59 Å². The average molecular weight is 526 g/mol. The number of nitrogens with one attached hydrogen (secondary N) is 2. The highest BCUT2D eigenvalue weighted by molar-refractivity contribution is 7.99. The number of ether oxygens (including phenoxy) is 1. The number of methoxy groups -OCH3 is 1. The molecule has 0 unspecified atom stereocenters. The molecule has 4 aromatic rings. The first-order valence-corrected chi connectivity index (χ1v) is 13.1. The molecule has 0 saturated carbocycles. The summed E-state index contributed by atoms with van der Waals surface area (Å²) in [6.45, 7) is 3.83. The topological polar surface area (TPSA) is 98.1 Å². The van der Waals surface area contributed by atoms with Gasteiger partial charge in [-0.25, -0.2) is 4.68 Å². The third kappa shape index (κ3) is 5.33. The highest BCUT2D eigenvalue weighted by Gasteiger charge is 2.34. The Labute approximate surface area is 225 Å². The van der Waals surface area contributed by atoms with Gasteiger partial charge in [-0.3, -0.25) is 9.59 Å². The van der Waals surface area contributed by atoms with Crippen LogP contribution in [-0.2, 0) is 4.79 Å². The number of amides is 1. The van der Waals surface area contributed by atoms with E-state index < -0.39 is 6.04 Å². The highest BCUT2D eigenvalue weighted by atomic mass is 32.2. The molecule has 1 aromatic heterocycles. The molecule has 0 radical (unpaired) electrons. The molecule has 1 amide bonds. The highest BCUT2D eigenvalue weighted by Crippen LogP contribution is 2.37. The molecule has 1 atom stereocenters. The molecule has 5 rings (SSSR count). The number of allylic oxidation sites excluding steroid dienone is 1. The maximum atomic E-state index is 13.6. The Kier molecular flexibility index (Phi) is 7.28. The van der Waals surface area contributed by atoms with E-state index in [1.807, 2.05) is 92.7 Å². The number of Topliss-reactive ketones (excluding diaryl/α,β-unsaturated/α-hetero) is 1. The van der Waals surface area contributed by atoms with Crippen LogP contribution in [0.5, 0.6) is 5.75 Å². The summed E-state index contributed by atoms with van der Waals surface area (Å²) < 4.78 is 7.03. The van der Waals surface area contributed by atoms with Crippen LogP contribution in [0.2, 0.25) is 0 Å². The Morgan fingerprint density at radius 2 is 1.71 bits per heavy atom.